The zero-order valence-corrected chi connectivity index (χ0v) is 9.70. The Balaban J connectivity index is 2.91. The Hall–Kier alpha value is -1.26. The molecule has 0 radical (unpaired) electrons. The van der Waals surface area contributed by atoms with Crippen LogP contribution in [0.3, 0.4) is 0 Å². The minimum absolute atomic E-state index is 0.203. The zero-order chi connectivity index (χ0) is 12.1. The highest BCUT2D eigenvalue weighted by Crippen LogP contribution is 2.24. The van der Waals surface area contributed by atoms with E-state index in [1.807, 2.05) is 0 Å². The van der Waals surface area contributed by atoms with E-state index < -0.39 is 12.0 Å². The molecule has 1 rings (SSSR count). The van der Waals surface area contributed by atoms with Gasteiger partial charge in [0.1, 0.15) is 5.75 Å². The lowest BCUT2D eigenvalue weighted by molar-refractivity contribution is -0.124. The second-order valence-electron chi connectivity index (χ2n) is 3.33. The van der Waals surface area contributed by atoms with Gasteiger partial charge in [0.2, 0.25) is 0 Å². The van der Waals surface area contributed by atoms with Crippen LogP contribution in [0.4, 0.5) is 0 Å². The largest absolute Gasteiger partial charge is 0.480 e. The second kappa shape index (κ2) is 5.72. The average molecular weight is 244 g/mol. The Morgan fingerprint density at radius 1 is 1.62 bits per heavy atom. The molecule has 0 fully saturated rings. The molecule has 4 nitrogen and oxygen atoms in total. The fourth-order valence-electron chi connectivity index (χ4n) is 1.28. The summed E-state index contributed by atoms with van der Waals surface area (Å²) in [5.41, 5.74) is 5.70. The average Bonchev–Trinajstić information content (AvgIpc) is 2.26. The maximum atomic E-state index is 11.0. The van der Waals surface area contributed by atoms with Gasteiger partial charge in [0.05, 0.1) is 6.61 Å². The number of nitrogens with two attached hydrogens (primary N) is 1. The van der Waals surface area contributed by atoms with Crippen molar-refractivity contribution in [3.63, 3.8) is 0 Å². The number of rotatable bonds is 5. The number of hydrogen-bond acceptors (Lipinski definition) is 3. The van der Waals surface area contributed by atoms with Crippen molar-refractivity contribution in [3.8, 4) is 5.75 Å². The van der Waals surface area contributed by atoms with E-state index >= 15 is 0 Å². The minimum Gasteiger partial charge on any atom is -0.480 e. The van der Waals surface area contributed by atoms with Crippen LogP contribution in [0.2, 0.25) is 5.02 Å². The van der Waals surface area contributed by atoms with Crippen LogP contribution in [0.1, 0.15) is 18.9 Å². The van der Waals surface area contributed by atoms with Crippen molar-refractivity contribution < 1.29 is 14.6 Å². The van der Waals surface area contributed by atoms with Crippen molar-refractivity contribution in [1.82, 2.24) is 0 Å². The molecule has 3 N–H and O–H groups in total. The molecule has 1 amide bonds. The SMILES string of the molecule is CCC(Oc1ccc(Cl)cc1CO)C(N)=O. The molecule has 0 heterocycles. The van der Waals surface area contributed by atoms with Gasteiger partial charge in [-0.2, -0.15) is 0 Å². The van der Waals surface area contributed by atoms with E-state index in [1.165, 1.54) is 0 Å². The lowest BCUT2D eigenvalue weighted by Crippen LogP contribution is -2.33. The summed E-state index contributed by atoms with van der Waals surface area (Å²) in [6, 6.07) is 4.83. The van der Waals surface area contributed by atoms with Crippen LogP contribution in [0.25, 0.3) is 0 Å². The predicted octanol–water partition coefficient (Wildman–Crippen LogP) is 1.47. The van der Waals surface area contributed by atoms with Crippen molar-refractivity contribution in [2.24, 2.45) is 5.73 Å². The van der Waals surface area contributed by atoms with Gasteiger partial charge in [-0.3, -0.25) is 4.79 Å². The highest BCUT2D eigenvalue weighted by molar-refractivity contribution is 6.30. The van der Waals surface area contributed by atoms with Crippen LogP contribution in [0, 0.1) is 0 Å². The lowest BCUT2D eigenvalue weighted by atomic mass is 10.2. The van der Waals surface area contributed by atoms with Crippen molar-refractivity contribution >= 4 is 17.5 Å². The summed E-state index contributed by atoms with van der Waals surface area (Å²) >= 11 is 5.77. The smallest absolute Gasteiger partial charge is 0.258 e. The molecule has 5 heteroatoms. The number of benzene rings is 1. The standard InChI is InChI=1S/C11H14ClNO3/c1-2-9(11(13)15)16-10-4-3-8(12)5-7(10)6-14/h3-5,9,14H,2,6H2,1H3,(H2,13,15). The molecule has 0 aliphatic carbocycles. The highest BCUT2D eigenvalue weighted by atomic mass is 35.5. The van der Waals surface area contributed by atoms with Crippen molar-refractivity contribution in [3.05, 3.63) is 28.8 Å². The number of hydrogen-bond donors (Lipinski definition) is 2. The first-order chi connectivity index (χ1) is 7.58. The molecule has 1 aromatic carbocycles. The van der Waals surface area contributed by atoms with Gasteiger partial charge >= 0.3 is 0 Å². The molecule has 16 heavy (non-hydrogen) atoms. The molecule has 1 aromatic rings. The van der Waals surface area contributed by atoms with E-state index in [0.29, 0.717) is 22.8 Å². The first-order valence-electron chi connectivity index (χ1n) is 4.93. The van der Waals surface area contributed by atoms with Crippen LogP contribution < -0.4 is 10.5 Å². The zero-order valence-electron chi connectivity index (χ0n) is 8.94. The van der Waals surface area contributed by atoms with Gasteiger partial charge in [-0.1, -0.05) is 18.5 Å². The van der Waals surface area contributed by atoms with Gasteiger partial charge in [-0.15, -0.1) is 0 Å². The van der Waals surface area contributed by atoms with Gasteiger partial charge in [0, 0.05) is 10.6 Å². The summed E-state index contributed by atoms with van der Waals surface area (Å²) in [5, 5.41) is 9.62. The van der Waals surface area contributed by atoms with E-state index in [-0.39, 0.29) is 6.61 Å². The molecule has 1 atom stereocenters. The molecule has 0 saturated carbocycles. The Labute approximate surface area is 99.0 Å². The number of halogens is 1. The Morgan fingerprint density at radius 3 is 2.81 bits per heavy atom. The van der Waals surface area contributed by atoms with Crippen LogP contribution in [-0.2, 0) is 11.4 Å². The Morgan fingerprint density at radius 2 is 2.31 bits per heavy atom. The summed E-state index contributed by atoms with van der Waals surface area (Å²) in [7, 11) is 0. The third kappa shape index (κ3) is 3.12. The molecule has 0 aliphatic heterocycles. The summed E-state index contributed by atoms with van der Waals surface area (Å²) in [5.74, 6) is -0.0983. The maximum absolute atomic E-state index is 11.0. The normalized spacial score (nSPS) is 12.2. The Bertz CT molecular complexity index is 381. The van der Waals surface area contributed by atoms with Gasteiger partial charge in [-0.05, 0) is 24.6 Å². The van der Waals surface area contributed by atoms with E-state index in [1.54, 1.807) is 25.1 Å². The maximum Gasteiger partial charge on any atom is 0.258 e. The predicted molar refractivity (Wildman–Crippen MR) is 61.3 cm³/mol. The van der Waals surface area contributed by atoms with Gasteiger partial charge in [-0.25, -0.2) is 0 Å². The fraction of sp³-hybridized carbons (Fsp3) is 0.364. The van der Waals surface area contributed by atoms with Crippen LogP contribution in [-0.4, -0.2) is 17.1 Å². The number of carbonyl (C=O) groups excluding carboxylic acids is 1. The van der Waals surface area contributed by atoms with Crippen molar-refractivity contribution in [1.29, 1.82) is 0 Å². The summed E-state index contributed by atoms with van der Waals surface area (Å²) in [4.78, 5) is 11.0. The lowest BCUT2D eigenvalue weighted by Gasteiger charge is -2.16. The molecule has 0 bridgehead atoms. The van der Waals surface area contributed by atoms with E-state index in [4.69, 9.17) is 27.2 Å². The number of aliphatic hydroxyl groups is 1. The van der Waals surface area contributed by atoms with Crippen LogP contribution in [0.5, 0.6) is 5.75 Å². The number of ether oxygens (including phenoxy) is 1. The fourth-order valence-corrected chi connectivity index (χ4v) is 1.48. The summed E-state index contributed by atoms with van der Waals surface area (Å²) in [6.45, 7) is 1.59. The summed E-state index contributed by atoms with van der Waals surface area (Å²) in [6.07, 6.45) is -0.213. The third-order valence-corrected chi connectivity index (χ3v) is 2.39. The number of primary amides is 1. The molecular weight excluding hydrogens is 230 g/mol. The summed E-state index contributed by atoms with van der Waals surface area (Å²) < 4.78 is 5.41. The first-order valence-corrected chi connectivity index (χ1v) is 5.31. The highest BCUT2D eigenvalue weighted by Gasteiger charge is 2.16. The van der Waals surface area contributed by atoms with Gasteiger partial charge in [0.25, 0.3) is 5.91 Å². The van der Waals surface area contributed by atoms with E-state index in [9.17, 15) is 4.79 Å². The molecule has 0 spiro atoms. The quantitative estimate of drug-likeness (QED) is 0.823. The second-order valence-corrected chi connectivity index (χ2v) is 3.76. The molecule has 1 unspecified atom stereocenters. The number of aliphatic hydroxyl groups excluding tert-OH is 1. The molecule has 88 valence electrons. The van der Waals surface area contributed by atoms with Crippen molar-refractivity contribution in [2.75, 3.05) is 0 Å². The molecule has 0 aliphatic rings. The third-order valence-electron chi connectivity index (χ3n) is 2.15. The van der Waals surface area contributed by atoms with E-state index in [0.717, 1.165) is 0 Å². The van der Waals surface area contributed by atoms with Gasteiger partial charge in [0.15, 0.2) is 6.10 Å². The molecule has 0 aromatic heterocycles. The van der Waals surface area contributed by atoms with Crippen LogP contribution in [0.15, 0.2) is 18.2 Å². The first kappa shape index (κ1) is 12.8. The monoisotopic (exact) mass is 243 g/mol. The molecule has 0 saturated heterocycles. The number of carbonyl (C=O) groups is 1. The topological polar surface area (TPSA) is 72.6 Å². The van der Waals surface area contributed by atoms with E-state index in [2.05, 4.69) is 0 Å². The Kier molecular flexibility index (Phi) is 4.58. The van der Waals surface area contributed by atoms with Crippen LogP contribution >= 0.6 is 11.6 Å². The molecular formula is C11H14ClNO3. The van der Waals surface area contributed by atoms with Gasteiger partial charge < -0.3 is 15.6 Å². The minimum atomic E-state index is -0.688. The number of amides is 1. The van der Waals surface area contributed by atoms with Crippen molar-refractivity contribution in [2.45, 2.75) is 26.1 Å².